The highest BCUT2D eigenvalue weighted by atomic mass is 16.2. The Bertz CT molecular complexity index is 522. The van der Waals surface area contributed by atoms with E-state index in [-0.39, 0.29) is 5.91 Å². The largest absolute Gasteiger partial charge is 0.308 e. The molecule has 0 aliphatic carbocycles. The average Bonchev–Trinajstić information content (AvgIpc) is 2.52. The van der Waals surface area contributed by atoms with Crippen LogP contribution in [-0.2, 0) is 11.3 Å². The second kappa shape index (κ2) is 7.49. The highest BCUT2D eigenvalue weighted by Crippen LogP contribution is 2.18. The highest BCUT2D eigenvalue weighted by Gasteiger charge is 2.15. The molecule has 2 heteroatoms. The predicted molar refractivity (Wildman–Crippen MR) is 83.6 cm³/mol. The third-order valence-electron chi connectivity index (χ3n) is 3.30. The molecule has 0 bridgehead atoms. The van der Waals surface area contributed by atoms with Gasteiger partial charge in [0.05, 0.1) is 6.54 Å². The van der Waals surface area contributed by atoms with Gasteiger partial charge < -0.3 is 4.90 Å². The molecule has 2 nitrogen and oxygen atoms in total. The number of para-hydroxylation sites is 1. The zero-order valence-corrected chi connectivity index (χ0v) is 12.0. The molecule has 0 unspecified atom stereocenters. The van der Waals surface area contributed by atoms with Crippen molar-refractivity contribution in [1.29, 1.82) is 0 Å². The van der Waals surface area contributed by atoms with Crippen LogP contribution in [-0.4, -0.2) is 5.91 Å². The Kier molecular flexibility index (Phi) is 5.36. The van der Waals surface area contributed by atoms with Crippen molar-refractivity contribution in [1.82, 2.24) is 0 Å². The Morgan fingerprint density at radius 2 is 1.55 bits per heavy atom. The van der Waals surface area contributed by atoms with E-state index in [0.29, 0.717) is 13.0 Å². The molecule has 1 amide bonds. The molecule has 104 valence electrons. The molecule has 0 heterocycles. The Morgan fingerprint density at radius 1 is 0.950 bits per heavy atom. The van der Waals surface area contributed by atoms with Crippen molar-refractivity contribution in [3.05, 3.63) is 66.2 Å². The van der Waals surface area contributed by atoms with Gasteiger partial charge in [0.2, 0.25) is 5.91 Å². The van der Waals surface area contributed by atoms with Gasteiger partial charge in [-0.3, -0.25) is 4.79 Å². The maximum Gasteiger partial charge on any atom is 0.227 e. The van der Waals surface area contributed by atoms with Crippen molar-refractivity contribution in [3.8, 4) is 0 Å². The SMILES string of the molecule is CCCCC(=O)N(Cc1ccccc1)c1ccccc1. The molecule has 2 rings (SSSR count). The lowest BCUT2D eigenvalue weighted by molar-refractivity contribution is -0.118. The minimum atomic E-state index is 0.196. The van der Waals surface area contributed by atoms with E-state index in [2.05, 4.69) is 19.1 Å². The summed E-state index contributed by atoms with van der Waals surface area (Å²) < 4.78 is 0. The molecule has 0 radical (unpaired) electrons. The molecule has 0 atom stereocenters. The van der Waals surface area contributed by atoms with E-state index in [9.17, 15) is 4.79 Å². The maximum absolute atomic E-state index is 12.4. The fourth-order valence-corrected chi connectivity index (χ4v) is 2.16. The van der Waals surface area contributed by atoms with Crippen LogP contribution >= 0.6 is 0 Å². The summed E-state index contributed by atoms with van der Waals surface area (Å²) in [5.41, 5.74) is 2.12. The summed E-state index contributed by atoms with van der Waals surface area (Å²) in [6, 6.07) is 20.0. The molecule has 2 aromatic rings. The number of anilines is 1. The van der Waals surface area contributed by atoms with Gasteiger partial charge in [0.1, 0.15) is 0 Å². The van der Waals surface area contributed by atoms with Crippen LogP contribution in [0.15, 0.2) is 60.7 Å². The number of carbonyl (C=O) groups is 1. The van der Waals surface area contributed by atoms with E-state index in [0.717, 1.165) is 24.1 Å². The van der Waals surface area contributed by atoms with E-state index in [1.54, 1.807) is 0 Å². The predicted octanol–water partition coefficient (Wildman–Crippen LogP) is 4.41. The van der Waals surface area contributed by atoms with Crippen molar-refractivity contribution in [2.75, 3.05) is 4.90 Å². The number of hydrogen-bond acceptors (Lipinski definition) is 1. The van der Waals surface area contributed by atoms with Crippen molar-refractivity contribution < 1.29 is 4.79 Å². The molecule has 0 aliphatic rings. The summed E-state index contributed by atoms with van der Waals surface area (Å²) in [7, 11) is 0. The zero-order chi connectivity index (χ0) is 14.2. The van der Waals surface area contributed by atoms with Crippen molar-refractivity contribution in [3.63, 3.8) is 0 Å². The first-order chi connectivity index (χ1) is 9.81. The second-order valence-electron chi connectivity index (χ2n) is 4.90. The number of nitrogens with zero attached hydrogens (tertiary/aromatic N) is 1. The Morgan fingerprint density at radius 3 is 2.15 bits per heavy atom. The highest BCUT2D eigenvalue weighted by molar-refractivity contribution is 5.93. The first-order valence-electron chi connectivity index (χ1n) is 7.20. The minimum Gasteiger partial charge on any atom is -0.308 e. The zero-order valence-electron chi connectivity index (χ0n) is 12.0. The van der Waals surface area contributed by atoms with Gasteiger partial charge in [-0.1, -0.05) is 61.9 Å². The molecule has 2 aromatic carbocycles. The number of carbonyl (C=O) groups excluding carboxylic acids is 1. The second-order valence-corrected chi connectivity index (χ2v) is 4.90. The van der Waals surface area contributed by atoms with Crippen LogP contribution in [0.1, 0.15) is 31.7 Å². The van der Waals surface area contributed by atoms with Crippen LogP contribution in [0.2, 0.25) is 0 Å². The molecule has 20 heavy (non-hydrogen) atoms. The van der Waals surface area contributed by atoms with Gasteiger partial charge in [-0.15, -0.1) is 0 Å². The van der Waals surface area contributed by atoms with Gasteiger partial charge >= 0.3 is 0 Å². The first kappa shape index (κ1) is 14.3. The van der Waals surface area contributed by atoms with Crippen LogP contribution < -0.4 is 4.90 Å². The number of hydrogen-bond donors (Lipinski definition) is 0. The monoisotopic (exact) mass is 267 g/mol. The standard InChI is InChI=1S/C18H21NO/c1-2-3-14-18(20)19(17-12-8-5-9-13-17)15-16-10-6-4-7-11-16/h4-13H,2-3,14-15H2,1H3. The lowest BCUT2D eigenvalue weighted by Crippen LogP contribution is -2.30. The summed E-state index contributed by atoms with van der Waals surface area (Å²) in [6.45, 7) is 2.74. The van der Waals surface area contributed by atoms with E-state index >= 15 is 0 Å². The van der Waals surface area contributed by atoms with Gasteiger partial charge in [0.15, 0.2) is 0 Å². The average molecular weight is 267 g/mol. The van der Waals surface area contributed by atoms with Crippen molar-refractivity contribution in [2.24, 2.45) is 0 Å². The quantitative estimate of drug-likeness (QED) is 0.759. The van der Waals surface area contributed by atoms with E-state index < -0.39 is 0 Å². The summed E-state index contributed by atoms with van der Waals surface area (Å²) in [5, 5.41) is 0. The Balaban J connectivity index is 2.18. The van der Waals surface area contributed by atoms with Crippen LogP contribution in [0.4, 0.5) is 5.69 Å². The van der Waals surface area contributed by atoms with Crippen LogP contribution in [0, 0.1) is 0 Å². The number of amides is 1. The third-order valence-corrected chi connectivity index (χ3v) is 3.30. The molecular weight excluding hydrogens is 246 g/mol. The summed E-state index contributed by atoms with van der Waals surface area (Å²) in [6.07, 6.45) is 2.59. The Labute approximate surface area is 121 Å². The lowest BCUT2D eigenvalue weighted by atomic mass is 10.1. The molecule has 0 aliphatic heterocycles. The van der Waals surface area contributed by atoms with Crippen molar-refractivity contribution in [2.45, 2.75) is 32.7 Å². The summed E-state index contributed by atoms with van der Waals surface area (Å²) in [5.74, 6) is 0.196. The van der Waals surface area contributed by atoms with Crippen LogP contribution in [0.3, 0.4) is 0 Å². The molecule has 0 N–H and O–H groups in total. The first-order valence-corrected chi connectivity index (χ1v) is 7.20. The minimum absolute atomic E-state index is 0.196. The molecule has 0 aromatic heterocycles. The van der Waals surface area contributed by atoms with Gasteiger partial charge in [-0.2, -0.15) is 0 Å². The molecular formula is C18H21NO. The van der Waals surface area contributed by atoms with Crippen LogP contribution in [0.25, 0.3) is 0 Å². The number of unbranched alkanes of at least 4 members (excludes halogenated alkanes) is 1. The van der Waals surface area contributed by atoms with Gasteiger partial charge in [0, 0.05) is 12.1 Å². The van der Waals surface area contributed by atoms with E-state index in [1.165, 1.54) is 0 Å². The smallest absolute Gasteiger partial charge is 0.227 e. The maximum atomic E-state index is 12.4. The summed E-state index contributed by atoms with van der Waals surface area (Å²) >= 11 is 0. The molecule has 0 fully saturated rings. The van der Waals surface area contributed by atoms with Crippen molar-refractivity contribution >= 4 is 11.6 Å². The Hall–Kier alpha value is -2.09. The molecule has 0 saturated carbocycles. The lowest BCUT2D eigenvalue weighted by Gasteiger charge is -2.23. The molecule has 0 spiro atoms. The van der Waals surface area contributed by atoms with E-state index in [4.69, 9.17) is 0 Å². The topological polar surface area (TPSA) is 20.3 Å². The number of benzene rings is 2. The van der Waals surface area contributed by atoms with Gasteiger partial charge in [-0.05, 0) is 24.1 Å². The fraction of sp³-hybridized carbons (Fsp3) is 0.278. The normalized spacial score (nSPS) is 10.2. The van der Waals surface area contributed by atoms with Gasteiger partial charge in [-0.25, -0.2) is 0 Å². The number of rotatable bonds is 6. The fourth-order valence-electron chi connectivity index (χ4n) is 2.16. The van der Waals surface area contributed by atoms with E-state index in [1.807, 2.05) is 53.4 Å². The van der Waals surface area contributed by atoms with Crippen LogP contribution in [0.5, 0.6) is 0 Å². The third kappa shape index (κ3) is 3.95. The summed E-state index contributed by atoms with van der Waals surface area (Å²) in [4.78, 5) is 14.3. The molecule has 0 saturated heterocycles. The van der Waals surface area contributed by atoms with Gasteiger partial charge in [0.25, 0.3) is 0 Å².